The van der Waals surface area contributed by atoms with Crippen LogP contribution in [0.4, 0.5) is 10.1 Å². The zero-order chi connectivity index (χ0) is 12.3. The number of rotatable bonds is 2. The molecule has 1 amide bonds. The Hall–Kier alpha value is -2.02. The van der Waals surface area contributed by atoms with Gasteiger partial charge in [0.15, 0.2) is 0 Å². The average Bonchev–Trinajstić information content (AvgIpc) is 2.21. The van der Waals surface area contributed by atoms with E-state index in [1.54, 1.807) is 13.8 Å². The summed E-state index contributed by atoms with van der Waals surface area (Å²) in [5.74, 6) is 1.41. The predicted molar refractivity (Wildman–Crippen MR) is 61.2 cm³/mol. The highest BCUT2D eigenvalue weighted by Gasteiger charge is 2.19. The van der Waals surface area contributed by atoms with E-state index in [0.29, 0.717) is 0 Å². The number of benzene rings is 1. The Morgan fingerprint density at radius 1 is 1.56 bits per heavy atom. The SMILES string of the molecule is C#CC(C)(C)NC(=O)c1cc(F)ccc1N. The molecule has 3 N–H and O–H groups in total. The first-order chi connectivity index (χ1) is 7.35. The van der Waals surface area contributed by atoms with Crippen LogP contribution in [-0.4, -0.2) is 11.4 Å². The van der Waals surface area contributed by atoms with Crippen LogP contribution < -0.4 is 11.1 Å². The minimum Gasteiger partial charge on any atom is -0.398 e. The van der Waals surface area contributed by atoms with E-state index in [1.807, 2.05) is 0 Å². The Bertz CT molecular complexity index is 461. The van der Waals surface area contributed by atoms with Crippen LogP contribution in [0, 0.1) is 18.2 Å². The van der Waals surface area contributed by atoms with Gasteiger partial charge < -0.3 is 11.1 Å². The fourth-order valence-electron chi connectivity index (χ4n) is 1.11. The lowest BCUT2D eigenvalue weighted by molar-refractivity contribution is 0.0930. The van der Waals surface area contributed by atoms with Gasteiger partial charge in [-0.25, -0.2) is 4.39 Å². The average molecular weight is 220 g/mol. The number of halogens is 1. The third-order valence-corrected chi connectivity index (χ3v) is 2.05. The van der Waals surface area contributed by atoms with Crippen molar-refractivity contribution < 1.29 is 9.18 Å². The molecular formula is C12H13FN2O. The molecule has 0 aromatic heterocycles. The zero-order valence-corrected chi connectivity index (χ0v) is 9.17. The van der Waals surface area contributed by atoms with E-state index in [-0.39, 0.29) is 11.3 Å². The second kappa shape index (κ2) is 4.23. The third kappa shape index (κ3) is 2.74. The number of nitrogens with two attached hydrogens (primary N) is 1. The smallest absolute Gasteiger partial charge is 0.254 e. The molecule has 84 valence electrons. The van der Waals surface area contributed by atoms with Crippen LogP contribution >= 0.6 is 0 Å². The summed E-state index contributed by atoms with van der Waals surface area (Å²) in [6, 6.07) is 3.61. The van der Waals surface area contributed by atoms with Gasteiger partial charge in [0.2, 0.25) is 0 Å². The van der Waals surface area contributed by atoms with Crippen LogP contribution in [0.3, 0.4) is 0 Å². The van der Waals surface area contributed by atoms with E-state index < -0.39 is 17.3 Å². The minimum atomic E-state index is -0.796. The summed E-state index contributed by atoms with van der Waals surface area (Å²) in [6.07, 6.45) is 5.23. The van der Waals surface area contributed by atoms with Crippen LogP contribution in [0.25, 0.3) is 0 Å². The molecule has 4 heteroatoms. The van der Waals surface area contributed by atoms with Crippen molar-refractivity contribution in [1.82, 2.24) is 5.32 Å². The largest absolute Gasteiger partial charge is 0.398 e. The van der Waals surface area contributed by atoms with E-state index in [1.165, 1.54) is 12.1 Å². The van der Waals surface area contributed by atoms with Gasteiger partial charge in [0.05, 0.1) is 11.1 Å². The number of anilines is 1. The molecule has 0 bridgehead atoms. The van der Waals surface area contributed by atoms with Gasteiger partial charge >= 0.3 is 0 Å². The predicted octanol–water partition coefficient (Wildman–Crippen LogP) is 1.55. The summed E-state index contributed by atoms with van der Waals surface area (Å²) in [7, 11) is 0. The van der Waals surface area contributed by atoms with E-state index in [0.717, 1.165) is 6.07 Å². The number of carbonyl (C=O) groups excluding carboxylic acids is 1. The molecule has 1 aromatic carbocycles. The monoisotopic (exact) mass is 220 g/mol. The summed E-state index contributed by atoms with van der Waals surface area (Å²) >= 11 is 0. The molecule has 0 aliphatic heterocycles. The van der Waals surface area contributed by atoms with E-state index >= 15 is 0 Å². The second-order valence-electron chi connectivity index (χ2n) is 3.96. The van der Waals surface area contributed by atoms with E-state index in [4.69, 9.17) is 12.2 Å². The van der Waals surface area contributed by atoms with Gasteiger partial charge in [-0.3, -0.25) is 4.79 Å². The van der Waals surface area contributed by atoms with Crippen molar-refractivity contribution in [2.45, 2.75) is 19.4 Å². The number of nitrogen functional groups attached to an aromatic ring is 1. The summed E-state index contributed by atoms with van der Waals surface area (Å²) in [6.45, 7) is 3.33. The van der Waals surface area contributed by atoms with Crippen molar-refractivity contribution >= 4 is 11.6 Å². The maximum atomic E-state index is 12.9. The van der Waals surface area contributed by atoms with Crippen LogP contribution in [-0.2, 0) is 0 Å². The Morgan fingerprint density at radius 3 is 2.75 bits per heavy atom. The lowest BCUT2D eigenvalue weighted by atomic mass is 10.1. The van der Waals surface area contributed by atoms with Crippen LogP contribution in [0.15, 0.2) is 18.2 Å². The molecule has 0 heterocycles. The molecule has 3 nitrogen and oxygen atoms in total. The van der Waals surface area contributed by atoms with Gasteiger partial charge in [-0.2, -0.15) is 0 Å². The van der Waals surface area contributed by atoms with E-state index in [9.17, 15) is 9.18 Å². The third-order valence-electron chi connectivity index (χ3n) is 2.05. The van der Waals surface area contributed by atoms with Gasteiger partial charge in [-0.1, -0.05) is 5.92 Å². The molecule has 0 fully saturated rings. The molecule has 0 aliphatic carbocycles. The van der Waals surface area contributed by atoms with Gasteiger partial charge in [0.1, 0.15) is 5.82 Å². The molecule has 0 unspecified atom stereocenters. The Labute approximate surface area is 93.8 Å². The number of amides is 1. The van der Waals surface area contributed by atoms with Gasteiger partial charge in [-0.05, 0) is 32.0 Å². The highest BCUT2D eigenvalue weighted by atomic mass is 19.1. The molecule has 0 saturated heterocycles. The number of nitrogens with one attached hydrogen (secondary N) is 1. The standard InChI is InChI=1S/C12H13FN2O/c1-4-12(2,3)15-11(16)9-7-8(13)5-6-10(9)14/h1,5-7H,14H2,2-3H3,(H,15,16). The van der Waals surface area contributed by atoms with Gasteiger partial charge in [0, 0.05) is 5.69 Å². The van der Waals surface area contributed by atoms with Crippen molar-refractivity contribution in [3.8, 4) is 12.3 Å². The van der Waals surface area contributed by atoms with Crippen molar-refractivity contribution in [2.75, 3.05) is 5.73 Å². The molecule has 1 aromatic rings. The fraction of sp³-hybridized carbons (Fsp3) is 0.250. The number of hydrogen-bond acceptors (Lipinski definition) is 2. The van der Waals surface area contributed by atoms with Crippen molar-refractivity contribution in [3.05, 3.63) is 29.6 Å². The van der Waals surface area contributed by atoms with Crippen LogP contribution in [0.2, 0.25) is 0 Å². The topological polar surface area (TPSA) is 55.1 Å². The number of hydrogen-bond donors (Lipinski definition) is 2. The first-order valence-electron chi connectivity index (χ1n) is 4.71. The van der Waals surface area contributed by atoms with Crippen LogP contribution in [0.5, 0.6) is 0 Å². The summed E-state index contributed by atoms with van der Waals surface area (Å²) in [4.78, 5) is 11.7. The Balaban J connectivity index is 2.98. The van der Waals surface area contributed by atoms with Gasteiger partial charge in [0.25, 0.3) is 5.91 Å². The lowest BCUT2D eigenvalue weighted by Crippen LogP contribution is -2.42. The summed E-state index contributed by atoms with van der Waals surface area (Å²) in [5.41, 5.74) is 5.08. The molecule has 0 aliphatic rings. The first-order valence-corrected chi connectivity index (χ1v) is 4.71. The Kier molecular flexibility index (Phi) is 3.19. The summed E-state index contributed by atoms with van der Waals surface area (Å²) in [5, 5.41) is 2.57. The highest BCUT2D eigenvalue weighted by molar-refractivity contribution is 5.99. The maximum Gasteiger partial charge on any atom is 0.254 e. The number of carbonyl (C=O) groups is 1. The van der Waals surface area contributed by atoms with E-state index in [2.05, 4.69) is 11.2 Å². The van der Waals surface area contributed by atoms with Gasteiger partial charge in [-0.15, -0.1) is 6.42 Å². The summed E-state index contributed by atoms with van der Waals surface area (Å²) < 4.78 is 12.9. The Morgan fingerprint density at radius 2 is 2.19 bits per heavy atom. The normalized spacial score (nSPS) is 10.6. The van der Waals surface area contributed by atoms with Crippen molar-refractivity contribution in [2.24, 2.45) is 0 Å². The molecular weight excluding hydrogens is 207 g/mol. The molecule has 0 radical (unpaired) electrons. The van der Waals surface area contributed by atoms with Crippen molar-refractivity contribution in [1.29, 1.82) is 0 Å². The highest BCUT2D eigenvalue weighted by Crippen LogP contribution is 2.14. The van der Waals surface area contributed by atoms with Crippen LogP contribution in [0.1, 0.15) is 24.2 Å². The molecule has 0 saturated carbocycles. The fourth-order valence-corrected chi connectivity index (χ4v) is 1.11. The second-order valence-corrected chi connectivity index (χ2v) is 3.96. The molecule has 0 spiro atoms. The number of terminal acetylenes is 1. The maximum absolute atomic E-state index is 12.9. The first kappa shape index (κ1) is 12.1. The van der Waals surface area contributed by atoms with Crippen molar-refractivity contribution in [3.63, 3.8) is 0 Å². The zero-order valence-electron chi connectivity index (χ0n) is 9.17. The molecule has 1 rings (SSSR count). The molecule has 0 atom stereocenters. The quantitative estimate of drug-likeness (QED) is 0.587. The minimum absolute atomic E-state index is 0.0864. The molecule has 16 heavy (non-hydrogen) atoms. The lowest BCUT2D eigenvalue weighted by Gasteiger charge is -2.20.